The summed E-state index contributed by atoms with van der Waals surface area (Å²) in [6.07, 6.45) is 9.33. The first-order valence-electron chi connectivity index (χ1n) is 20.4. The maximum Gasteiger partial charge on any atom is 0.0702 e. The Bertz CT molecular complexity index is 2420. The highest BCUT2D eigenvalue weighted by Gasteiger charge is 2.42. The molecule has 0 saturated heterocycles. The van der Waals surface area contributed by atoms with Crippen molar-refractivity contribution in [1.29, 1.82) is 0 Å². The molecule has 0 radical (unpaired) electrons. The zero-order valence-electron chi connectivity index (χ0n) is 33.2. The molecule has 1 nitrogen and oxygen atoms in total. The normalized spacial score (nSPS) is 13.0. The average molecular weight is 716 g/mol. The molecule has 1 aliphatic carbocycles. The van der Waals surface area contributed by atoms with Gasteiger partial charge in [0.1, 0.15) is 0 Å². The number of pyridine rings is 1. The topological polar surface area (TPSA) is 12.9 Å². The van der Waals surface area contributed by atoms with Crippen molar-refractivity contribution in [3.63, 3.8) is 0 Å². The van der Waals surface area contributed by atoms with Crippen LogP contribution in [0.5, 0.6) is 0 Å². The molecule has 1 heterocycles. The number of unbranched alkanes of at least 4 members (excludes halogenated alkanes) is 2. The van der Waals surface area contributed by atoms with Gasteiger partial charge in [0.05, 0.1) is 5.69 Å². The highest BCUT2D eigenvalue weighted by atomic mass is 14.7. The third kappa shape index (κ3) is 7.21. The van der Waals surface area contributed by atoms with Crippen LogP contribution in [0.25, 0.3) is 66.9 Å². The second-order valence-corrected chi connectivity index (χ2v) is 16.6. The minimum atomic E-state index is 0.0762. The lowest BCUT2D eigenvalue weighted by Gasteiger charge is -2.33. The highest BCUT2D eigenvalue weighted by molar-refractivity contribution is 5.84. The molecule has 0 spiro atoms. The second-order valence-electron chi connectivity index (χ2n) is 16.6. The van der Waals surface area contributed by atoms with Crippen molar-refractivity contribution in [2.45, 2.75) is 84.0 Å². The van der Waals surface area contributed by atoms with E-state index in [1.54, 1.807) is 0 Å². The van der Waals surface area contributed by atoms with Crippen molar-refractivity contribution in [1.82, 2.24) is 4.98 Å². The summed E-state index contributed by atoms with van der Waals surface area (Å²) in [5.74, 6) is 0. The van der Waals surface area contributed by atoms with E-state index in [1.807, 2.05) is 6.20 Å². The molecule has 0 N–H and O–H groups in total. The number of hydrogen-bond donors (Lipinski definition) is 0. The lowest BCUT2D eigenvalue weighted by molar-refractivity contribution is 0.414. The van der Waals surface area contributed by atoms with Crippen LogP contribution in [0.3, 0.4) is 0 Å². The highest BCUT2D eigenvalue weighted by Crippen LogP contribution is 2.54. The molecule has 8 rings (SSSR count). The fraction of sp³-hybridized carbons (Fsp3) is 0.241. The zero-order valence-corrected chi connectivity index (χ0v) is 33.2. The maximum absolute atomic E-state index is 5.08. The number of nitrogens with zero attached hydrogens (tertiary/aromatic N) is 1. The van der Waals surface area contributed by atoms with Gasteiger partial charge in [-0.15, -0.1) is 0 Å². The Hall–Kier alpha value is -5.53. The van der Waals surface area contributed by atoms with E-state index in [4.69, 9.17) is 4.98 Å². The summed E-state index contributed by atoms with van der Waals surface area (Å²) < 4.78 is 0. The predicted molar refractivity (Wildman–Crippen MR) is 235 cm³/mol. The lowest BCUT2D eigenvalue weighted by atomic mass is 9.70. The largest absolute Gasteiger partial charge is 0.256 e. The van der Waals surface area contributed by atoms with Crippen LogP contribution in [0.2, 0.25) is 0 Å². The van der Waals surface area contributed by atoms with E-state index in [2.05, 4.69) is 186 Å². The van der Waals surface area contributed by atoms with Crippen LogP contribution < -0.4 is 0 Å². The van der Waals surface area contributed by atoms with Crippen LogP contribution in [0, 0.1) is 0 Å². The molecule has 0 unspecified atom stereocenters. The number of hydrogen-bond acceptors (Lipinski definition) is 1. The summed E-state index contributed by atoms with van der Waals surface area (Å²) in [6, 6.07) is 56.4. The SMILES string of the molecule is CCCCC1(CCCC)c2ccccc2-c2ccc(-c3ccc(-c4cccc(-c5cccc(-c6cccc(-c7ccc(C(C)(C)C)cc7)c6)c5)c4)cn3)cc21. The van der Waals surface area contributed by atoms with Crippen LogP contribution in [-0.2, 0) is 10.8 Å². The number of fused-ring (bicyclic) bond motifs is 3. The second kappa shape index (κ2) is 15.3. The van der Waals surface area contributed by atoms with Gasteiger partial charge in [-0.2, -0.15) is 0 Å². The molecule has 0 aliphatic heterocycles. The van der Waals surface area contributed by atoms with Crippen molar-refractivity contribution in [3.05, 3.63) is 175 Å². The number of aromatic nitrogens is 1. The van der Waals surface area contributed by atoms with Crippen molar-refractivity contribution in [3.8, 4) is 66.9 Å². The molecule has 0 saturated carbocycles. The molecule has 1 heteroatoms. The van der Waals surface area contributed by atoms with Crippen molar-refractivity contribution < 1.29 is 0 Å². The van der Waals surface area contributed by atoms with Gasteiger partial charge < -0.3 is 0 Å². The van der Waals surface area contributed by atoms with Crippen LogP contribution in [0.4, 0.5) is 0 Å². The van der Waals surface area contributed by atoms with Gasteiger partial charge in [0.2, 0.25) is 0 Å². The Morgan fingerprint density at radius 2 is 0.927 bits per heavy atom. The number of rotatable bonds is 11. The van der Waals surface area contributed by atoms with Crippen LogP contribution in [0.1, 0.15) is 89.8 Å². The summed E-state index contributed by atoms with van der Waals surface area (Å²) in [5.41, 5.74) is 19.3. The van der Waals surface area contributed by atoms with E-state index in [1.165, 1.54) is 111 Å². The van der Waals surface area contributed by atoms with Gasteiger partial charge in [0.25, 0.3) is 0 Å². The third-order valence-electron chi connectivity index (χ3n) is 11.9. The Balaban J connectivity index is 1.06. The van der Waals surface area contributed by atoms with Gasteiger partial charge >= 0.3 is 0 Å². The summed E-state index contributed by atoms with van der Waals surface area (Å²) >= 11 is 0. The minimum Gasteiger partial charge on any atom is -0.256 e. The molecule has 0 bridgehead atoms. The van der Waals surface area contributed by atoms with Crippen molar-refractivity contribution in [2.24, 2.45) is 0 Å². The molecule has 274 valence electrons. The maximum atomic E-state index is 5.08. The summed E-state index contributed by atoms with van der Waals surface area (Å²) in [6.45, 7) is 11.4. The van der Waals surface area contributed by atoms with Gasteiger partial charge in [-0.25, -0.2) is 0 Å². The van der Waals surface area contributed by atoms with Crippen LogP contribution in [0.15, 0.2) is 158 Å². The van der Waals surface area contributed by atoms with Gasteiger partial charge in [-0.3, -0.25) is 4.98 Å². The third-order valence-corrected chi connectivity index (χ3v) is 11.9. The van der Waals surface area contributed by atoms with Crippen LogP contribution in [-0.4, -0.2) is 4.98 Å². The van der Waals surface area contributed by atoms with E-state index in [0.717, 1.165) is 11.3 Å². The first-order chi connectivity index (χ1) is 26.8. The van der Waals surface area contributed by atoms with E-state index in [9.17, 15) is 0 Å². The number of benzene rings is 6. The molecule has 1 aromatic heterocycles. The monoisotopic (exact) mass is 715 g/mol. The molecule has 55 heavy (non-hydrogen) atoms. The molecule has 0 amide bonds. The molecular weight excluding hydrogens is 663 g/mol. The summed E-state index contributed by atoms with van der Waals surface area (Å²) in [5, 5.41) is 0. The first kappa shape index (κ1) is 36.4. The molecular formula is C54H53N. The van der Waals surface area contributed by atoms with Crippen LogP contribution >= 0.6 is 0 Å². The fourth-order valence-electron chi connectivity index (χ4n) is 8.77. The van der Waals surface area contributed by atoms with E-state index in [0.29, 0.717) is 0 Å². The fourth-order valence-corrected chi connectivity index (χ4v) is 8.77. The Morgan fingerprint density at radius 1 is 0.436 bits per heavy atom. The Morgan fingerprint density at radius 3 is 1.45 bits per heavy atom. The Kier molecular flexibility index (Phi) is 10.1. The predicted octanol–water partition coefficient (Wildman–Crippen LogP) is 15.4. The van der Waals surface area contributed by atoms with E-state index in [-0.39, 0.29) is 10.8 Å². The smallest absolute Gasteiger partial charge is 0.0702 e. The van der Waals surface area contributed by atoms with Gasteiger partial charge in [0, 0.05) is 22.7 Å². The van der Waals surface area contributed by atoms with E-state index < -0.39 is 0 Å². The van der Waals surface area contributed by atoms with Crippen molar-refractivity contribution >= 4 is 0 Å². The molecule has 0 fully saturated rings. The quantitative estimate of drug-likeness (QED) is 0.130. The van der Waals surface area contributed by atoms with E-state index >= 15 is 0 Å². The lowest BCUT2D eigenvalue weighted by Crippen LogP contribution is -2.25. The molecule has 7 aromatic rings. The van der Waals surface area contributed by atoms with Gasteiger partial charge in [-0.05, 0) is 115 Å². The zero-order chi connectivity index (χ0) is 38.0. The molecule has 1 aliphatic rings. The molecule has 6 aromatic carbocycles. The molecule has 0 atom stereocenters. The minimum absolute atomic E-state index is 0.0762. The standard InChI is InChI=1S/C54H53N/c1-6-8-31-54(32-9-7-2)50-22-11-10-21-48(50)49-29-25-45(36-51(49)54)52-30-26-46(37-55-52)44-20-14-19-43(35-44)42-18-13-17-41(34-42)40-16-12-15-39(33-40)38-23-27-47(28-24-38)53(3,4)5/h10-30,33-37H,6-9,31-32H2,1-5H3. The summed E-state index contributed by atoms with van der Waals surface area (Å²) in [7, 11) is 0. The average Bonchev–Trinajstić information content (AvgIpc) is 3.51. The van der Waals surface area contributed by atoms with Crippen molar-refractivity contribution in [2.75, 3.05) is 0 Å². The van der Waals surface area contributed by atoms with Gasteiger partial charge in [-0.1, -0.05) is 182 Å². The Labute approximate surface area is 329 Å². The first-order valence-corrected chi connectivity index (χ1v) is 20.4. The summed E-state index contributed by atoms with van der Waals surface area (Å²) in [4.78, 5) is 5.08. The van der Waals surface area contributed by atoms with Gasteiger partial charge in [0.15, 0.2) is 0 Å².